The van der Waals surface area contributed by atoms with Crippen LogP contribution in [0.25, 0.3) is 22.0 Å². The summed E-state index contributed by atoms with van der Waals surface area (Å²) in [4.78, 5) is 32.5. The topological polar surface area (TPSA) is 81.2 Å². The Morgan fingerprint density at radius 1 is 0.967 bits per heavy atom. The second-order valence-corrected chi connectivity index (χ2v) is 7.26. The molecule has 30 heavy (non-hydrogen) atoms. The van der Waals surface area contributed by atoms with E-state index in [1.807, 2.05) is 47.8 Å². The average molecular weight is 415 g/mol. The number of hydrogen-bond donors (Lipinski definition) is 1. The van der Waals surface area contributed by atoms with Gasteiger partial charge < -0.3 is 10.1 Å². The number of carbonyl (C=O) groups is 2. The molecule has 2 aromatic carbocycles. The molecule has 0 saturated heterocycles. The maximum Gasteiger partial charge on any atom is 0.308 e. The van der Waals surface area contributed by atoms with Crippen LogP contribution >= 0.6 is 11.3 Å². The zero-order chi connectivity index (χ0) is 20.9. The minimum atomic E-state index is -0.405. The van der Waals surface area contributed by atoms with E-state index in [9.17, 15) is 9.59 Å². The molecule has 1 amide bonds. The van der Waals surface area contributed by atoms with Crippen LogP contribution in [0.3, 0.4) is 0 Å². The molecule has 0 bridgehead atoms. The summed E-state index contributed by atoms with van der Waals surface area (Å²) in [5.74, 6) is -0.264. The molecule has 0 aliphatic rings. The minimum absolute atomic E-state index is 0.256. The van der Waals surface area contributed by atoms with Gasteiger partial charge >= 0.3 is 5.97 Å². The predicted molar refractivity (Wildman–Crippen MR) is 116 cm³/mol. The van der Waals surface area contributed by atoms with Gasteiger partial charge in [-0.1, -0.05) is 18.2 Å². The third kappa shape index (κ3) is 4.59. The lowest BCUT2D eigenvalue weighted by Gasteiger charge is -2.07. The van der Waals surface area contributed by atoms with Gasteiger partial charge in [-0.2, -0.15) is 0 Å². The number of amides is 1. The first kappa shape index (κ1) is 19.5. The first-order valence-corrected chi connectivity index (χ1v) is 10.0. The Morgan fingerprint density at radius 2 is 1.80 bits per heavy atom. The van der Waals surface area contributed by atoms with Crippen molar-refractivity contribution in [3.63, 3.8) is 0 Å². The summed E-state index contributed by atoms with van der Waals surface area (Å²) < 4.78 is 4.98. The van der Waals surface area contributed by atoms with Gasteiger partial charge in [0.2, 0.25) is 0 Å². The maximum atomic E-state index is 12.5. The highest BCUT2D eigenvalue weighted by Crippen LogP contribution is 2.29. The van der Waals surface area contributed by atoms with Gasteiger partial charge in [0.05, 0.1) is 11.4 Å². The smallest absolute Gasteiger partial charge is 0.308 e. The Bertz CT molecular complexity index is 1190. The fraction of sp³-hybridized carbons (Fsp3) is 0.0435. The highest BCUT2D eigenvalue weighted by atomic mass is 32.1. The molecule has 0 spiro atoms. The summed E-state index contributed by atoms with van der Waals surface area (Å²) in [6.45, 7) is 1.33. The summed E-state index contributed by atoms with van der Waals surface area (Å²) >= 11 is 1.52. The van der Waals surface area contributed by atoms with Crippen LogP contribution in [-0.4, -0.2) is 21.8 Å². The van der Waals surface area contributed by atoms with Gasteiger partial charge in [0.1, 0.15) is 10.8 Å². The summed E-state index contributed by atoms with van der Waals surface area (Å²) in [6, 6.07) is 19.6. The van der Waals surface area contributed by atoms with E-state index < -0.39 is 5.97 Å². The van der Waals surface area contributed by atoms with Gasteiger partial charge in [-0.15, -0.1) is 11.3 Å². The van der Waals surface area contributed by atoms with Crippen LogP contribution in [0.4, 0.5) is 5.69 Å². The number of pyridine rings is 1. The van der Waals surface area contributed by atoms with Crippen molar-refractivity contribution >= 4 is 28.9 Å². The van der Waals surface area contributed by atoms with E-state index in [4.69, 9.17) is 4.74 Å². The molecule has 0 aliphatic heterocycles. The second kappa shape index (κ2) is 8.67. The largest absolute Gasteiger partial charge is 0.427 e. The molecule has 7 heteroatoms. The number of rotatable bonds is 5. The highest BCUT2D eigenvalue weighted by Gasteiger charge is 2.10. The quantitative estimate of drug-likeness (QED) is 0.364. The molecule has 0 unspecified atom stereocenters. The van der Waals surface area contributed by atoms with Crippen molar-refractivity contribution in [3.05, 3.63) is 83.9 Å². The van der Waals surface area contributed by atoms with Crippen LogP contribution in [0.1, 0.15) is 17.3 Å². The second-order valence-electron chi connectivity index (χ2n) is 6.41. The number of esters is 1. The van der Waals surface area contributed by atoms with Crippen LogP contribution in [-0.2, 0) is 4.79 Å². The highest BCUT2D eigenvalue weighted by molar-refractivity contribution is 7.13. The van der Waals surface area contributed by atoms with Crippen LogP contribution in [0.15, 0.2) is 78.3 Å². The molecule has 0 radical (unpaired) electrons. The fourth-order valence-corrected chi connectivity index (χ4v) is 3.62. The lowest BCUT2D eigenvalue weighted by molar-refractivity contribution is -0.131. The van der Waals surface area contributed by atoms with Crippen molar-refractivity contribution in [2.45, 2.75) is 6.92 Å². The van der Waals surface area contributed by atoms with Crippen molar-refractivity contribution in [1.82, 2.24) is 9.97 Å². The van der Waals surface area contributed by atoms with E-state index in [0.717, 1.165) is 22.0 Å². The molecular weight excluding hydrogens is 398 g/mol. The molecule has 4 rings (SSSR count). The van der Waals surface area contributed by atoms with Crippen LogP contribution in [0.5, 0.6) is 5.75 Å². The standard InChI is InChI=1S/C23H17N3O3S/c1-15(27)29-19-10-8-16(9-11-19)22(28)25-18-6-4-5-17(13-18)21-14-30-23(26-21)20-7-2-3-12-24-20/h2-14H,1H3,(H,25,28). The molecule has 0 aliphatic carbocycles. The van der Waals surface area contributed by atoms with Crippen LogP contribution in [0.2, 0.25) is 0 Å². The van der Waals surface area contributed by atoms with E-state index in [1.165, 1.54) is 18.3 Å². The number of ether oxygens (including phenoxy) is 1. The van der Waals surface area contributed by atoms with E-state index >= 15 is 0 Å². The zero-order valence-electron chi connectivity index (χ0n) is 16.0. The summed E-state index contributed by atoms with van der Waals surface area (Å²) in [6.07, 6.45) is 1.74. The molecule has 1 N–H and O–H groups in total. The molecule has 0 fully saturated rings. The predicted octanol–water partition coefficient (Wildman–Crippen LogP) is 5.05. The van der Waals surface area contributed by atoms with Gasteiger partial charge in [-0.3, -0.25) is 14.6 Å². The molecular formula is C23H17N3O3S. The Kier molecular flexibility index (Phi) is 5.63. The monoisotopic (exact) mass is 415 g/mol. The number of carbonyl (C=O) groups excluding carboxylic acids is 2. The molecule has 148 valence electrons. The minimum Gasteiger partial charge on any atom is -0.427 e. The number of thiazole rings is 1. The third-order valence-corrected chi connectivity index (χ3v) is 5.05. The fourth-order valence-electron chi connectivity index (χ4n) is 2.81. The van der Waals surface area contributed by atoms with Crippen molar-refractivity contribution in [2.24, 2.45) is 0 Å². The first-order valence-electron chi connectivity index (χ1n) is 9.16. The normalized spacial score (nSPS) is 10.4. The van der Waals surface area contributed by atoms with E-state index in [0.29, 0.717) is 17.0 Å². The Labute approximate surface area is 177 Å². The van der Waals surface area contributed by atoms with E-state index in [-0.39, 0.29) is 5.91 Å². The maximum absolute atomic E-state index is 12.5. The first-order chi connectivity index (χ1) is 14.6. The zero-order valence-corrected chi connectivity index (χ0v) is 16.8. The number of nitrogens with one attached hydrogen (secondary N) is 1. The van der Waals surface area contributed by atoms with Gasteiger partial charge in [-0.25, -0.2) is 4.98 Å². The summed E-state index contributed by atoms with van der Waals surface area (Å²) in [5.41, 5.74) is 3.67. The molecule has 0 atom stereocenters. The van der Waals surface area contributed by atoms with E-state index in [2.05, 4.69) is 15.3 Å². The number of hydrogen-bond acceptors (Lipinski definition) is 6. The number of aromatic nitrogens is 2. The molecule has 2 heterocycles. The van der Waals surface area contributed by atoms with Crippen molar-refractivity contribution in [2.75, 3.05) is 5.32 Å². The van der Waals surface area contributed by atoms with E-state index in [1.54, 1.807) is 30.5 Å². The van der Waals surface area contributed by atoms with Crippen molar-refractivity contribution in [1.29, 1.82) is 0 Å². The number of anilines is 1. The van der Waals surface area contributed by atoms with Crippen LogP contribution in [0, 0.1) is 0 Å². The molecule has 0 saturated carbocycles. The van der Waals surface area contributed by atoms with Crippen LogP contribution < -0.4 is 10.1 Å². The Balaban J connectivity index is 1.49. The molecule has 6 nitrogen and oxygen atoms in total. The lowest BCUT2D eigenvalue weighted by atomic mass is 10.1. The van der Waals surface area contributed by atoms with Crippen molar-refractivity contribution < 1.29 is 14.3 Å². The SMILES string of the molecule is CC(=O)Oc1ccc(C(=O)Nc2cccc(-c3csc(-c4ccccn4)n3)c2)cc1. The Morgan fingerprint density at radius 3 is 2.53 bits per heavy atom. The Hall–Kier alpha value is -3.84. The number of benzene rings is 2. The van der Waals surface area contributed by atoms with Crippen molar-refractivity contribution in [3.8, 4) is 27.7 Å². The summed E-state index contributed by atoms with van der Waals surface area (Å²) in [5, 5.41) is 5.70. The van der Waals surface area contributed by atoms with Gasteiger partial charge in [-0.05, 0) is 48.5 Å². The summed E-state index contributed by atoms with van der Waals surface area (Å²) in [7, 11) is 0. The number of nitrogens with zero attached hydrogens (tertiary/aromatic N) is 2. The molecule has 2 aromatic heterocycles. The lowest BCUT2D eigenvalue weighted by Crippen LogP contribution is -2.12. The third-order valence-electron chi connectivity index (χ3n) is 4.18. The van der Waals surface area contributed by atoms with Gasteiger partial charge in [0, 0.05) is 35.3 Å². The molecule has 4 aromatic rings. The van der Waals surface area contributed by atoms with Gasteiger partial charge in [0.15, 0.2) is 0 Å². The average Bonchev–Trinajstić information content (AvgIpc) is 3.25. The van der Waals surface area contributed by atoms with Gasteiger partial charge in [0.25, 0.3) is 5.91 Å².